The fourth-order valence-electron chi connectivity index (χ4n) is 1.32. The maximum absolute atomic E-state index is 13.9. The summed E-state index contributed by atoms with van der Waals surface area (Å²) < 4.78 is 13.9. The highest BCUT2D eigenvalue weighted by Gasteiger charge is 2.15. The summed E-state index contributed by atoms with van der Waals surface area (Å²) in [5.74, 6) is 0. The first-order valence-corrected chi connectivity index (χ1v) is 5.82. The van der Waals surface area contributed by atoms with Crippen molar-refractivity contribution in [3.63, 3.8) is 0 Å². The molecule has 0 aliphatic rings. The SMILES string of the molecule is Cc1ccc(C(F)CNC(C)(C)C)cc1Cl. The van der Waals surface area contributed by atoms with Crippen LogP contribution in [0.25, 0.3) is 0 Å². The van der Waals surface area contributed by atoms with Gasteiger partial charge >= 0.3 is 0 Å². The Morgan fingerprint density at radius 3 is 2.50 bits per heavy atom. The van der Waals surface area contributed by atoms with Gasteiger partial charge in [0, 0.05) is 17.1 Å². The second-order valence-electron chi connectivity index (χ2n) is 5.11. The van der Waals surface area contributed by atoms with Crippen LogP contribution >= 0.6 is 11.6 Å². The summed E-state index contributed by atoms with van der Waals surface area (Å²) in [5, 5.41) is 3.76. The number of nitrogens with one attached hydrogen (secondary N) is 1. The second-order valence-corrected chi connectivity index (χ2v) is 5.51. The number of rotatable bonds is 3. The van der Waals surface area contributed by atoms with E-state index in [1.165, 1.54) is 0 Å². The number of alkyl halides is 1. The lowest BCUT2D eigenvalue weighted by Crippen LogP contribution is -2.37. The summed E-state index contributed by atoms with van der Waals surface area (Å²) in [5.41, 5.74) is 1.53. The molecule has 0 amide bonds. The molecule has 1 aromatic carbocycles. The Morgan fingerprint density at radius 2 is 2.00 bits per heavy atom. The van der Waals surface area contributed by atoms with Crippen LogP contribution in [-0.4, -0.2) is 12.1 Å². The Balaban J connectivity index is 2.66. The molecule has 16 heavy (non-hydrogen) atoms. The zero-order valence-electron chi connectivity index (χ0n) is 10.3. The molecule has 1 nitrogen and oxygen atoms in total. The van der Waals surface area contributed by atoms with E-state index in [9.17, 15) is 4.39 Å². The van der Waals surface area contributed by atoms with Gasteiger partial charge in [0.1, 0.15) is 6.17 Å². The molecular formula is C13H19ClFN. The first kappa shape index (κ1) is 13.5. The van der Waals surface area contributed by atoms with E-state index in [1.54, 1.807) is 12.1 Å². The highest BCUT2D eigenvalue weighted by atomic mass is 35.5. The third kappa shape index (κ3) is 4.11. The van der Waals surface area contributed by atoms with E-state index in [2.05, 4.69) is 5.32 Å². The zero-order chi connectivity index (χ0) is 12.3. The minimum Gasteiger partial charge on any atom is -0.309 e. The van der Waals surface area contributed by atoms with E-state index >= 15 is 0 Å². The molecule has 0 spiro atoms. The van der Waals surface area contributed by atoms with Gasteiger partial charge in [-0.05, 0) is 44.9 Å². The van der Waals surface area contributed by atoms with Crippen LogP contribution in [0.3, 0.4) is 0 Å². The van der Waals surface area contributed by atoms with Crippen molar-refractivity contribution >= 4 is 11.6 Å². The van der Waals surface area contributed by atoms with Crippen LogP contribution in [0.2, 0.25) is 5.02 Å². The summed E-state index contributed by atoms with van der Waals surface area (Å²) in [6.07, 6.45) is -1.02. The monoisotopic (exact) mass is 243 g/mol. The average Bonchev–Trinajstić information content (AvgIpc) is 2.17. The lowest BCUT2D eigenvalue weighted by Gasteiger charge is -2.22. The van der Waals surface area contributed by atoms with E-state index in [-0.39, 0.29) is 5.54 Å². The van der Waals surface area contributed by atoms with Gasteiger partial charge < -0.3 is 5.32 Å². The Kier molecular flexibility index (Phi) is 4.34. The van der Waals surface area contributed by atoms with Crippen molar-refractivity contribution in [2.45, 2.75) is 39.4 Å². The molecule has 0 fully saturated rings. The summed E-state index contributed by atoms with van der Waals surface area (Å²) >= 11 is 5.96. The van der Waals surface area contributed by atoms with E-state index < -0.39 is 6.17 Å². The van der Waals surface area contributed by atoms with E-state index in [0.717, 1.165) is 5.56 Å². The van der Waals surface area contributed by atoms with Crippen LogP contribution in [0.1, 0.15) is 38.1 Å². The number of benzene rings is 1. The van der Waals surface area contributed by atoms with Crippen molar-refractivity contribution < 1.29 is 4.39 Å². The lowest BCUT2D eigenvalue weighted by atomic mass is 10.1. The summed E-state index contributed by atoms with van der Waals surface area (Å²) in [4.78, 5) is 0. The van der Waals surface area contributed by atoms with Gasteiger partial charge in [0.25, 0.3) is 0 Å². The Hall–Kier alpha value is -0.600. The van der Waals surface area contributed by atoms with Crippen LogP contribution in [0.15, 0.2) is 18.2 Å². The van der Waals surface area contributed by atoms with Gasteiger partial charge in [-0.2, -0.15) is 0 Å². The fourth-order valence-corrected chi connectivity index (χ4v) is 1.51. The molecule has 1 unspecified atom stereocenters. The first-order chi connectivity index (χ1) is 7.29. The predicted molar refractivity (Wildman–Crippen MR) is 67.8 cm³/mol. The van der Waals surface area contributed by atoms with E-state index in [4.69, 9.17) is 11.6 Å². The van der Waals surface area contributed by atoms with Gasteiger partial charge in [-0.1, -0.05) is 23.7 Å². The van der Waals surface area contributed by atoms with Crippen LogP contribution in [0, 0.1) is 6.92 Å². The third-order valence-corrected chi connectivity index (χ3v) is 2.78. The van der Waals surface area contributed by atoms with Crippen LogP contribution in [0.4, 0.5) is 4.39 Å². The van der Waals surface area contributed by atoms with Crippen LogP contribution in [-0.2, 0) is 0 Å². The van der Waals surface area contributed by atoms with Crippen LogP contribution < -0.4 is 5.32 Å². The topological polar surface area (TPSA) is 12.0 Å². The Bertz CT molecular complexity index is 357. The molecule has 0 saturated heterocycles. The van der Waals surface area contributed by atoms with Gasteiger partial charge in [-0.15, -0.1) is 0 Å². The normalized spacial score (nSPS) is 13.9. The van der Waals surface area contributed by atoms with Gasteiger partial charge in [-0.3, -0.25) is 0 Å². The van der Waals surface area contributed by atoms with Crippen LogP contribution in [0.5, 0.6) is 0 Å². The minimum atomic E-state index is -1.02. The molecule has 1 aromatic rings. The fraction of sp³-hybridized carbons (Fsp3) is 0.538. The molecule has 0 aromatic heterocycles. The van der Waals surface area contributed by atoms with Gasteiger partial charge in [0.2, 0.25) is 0 Å². The maximum Gasteiger partial charge on any atom is 0.138 e. The van der Waals surface area contributed by atoms with Crippen molar-refractivity contribution in [2.24, 2.45) is 0 Å². The zero-order valence-corrected chi connectivity index (χ0v) is 11.0. The Labute approximate surface area is 102 Å². The molecule has 1 rings (SSSR count). The molecule has 0 aliphatic heterocycles. The molecular weight excluding hydrogens is 225 g/mol. The highest BCUT2D eigenvalue weighted by Crippen LogP contribution is 2.23. The molecule has 1 N–H and O–H groups in total. The van der Waals surface area contributed by atoms with Gasteiger partial charge in [-0.25, -0.2) is 4.39 Å². The average molecular weight is 244 g/mol. The smallest absolute Gasteiger partial charge is 0.138 e. The standard InChI is InChI=1S/C13H19ClFN/c1-9-5-6-10(7-11(9)14)12(15)8-16-13(2,3)4/h5-7,12,16H,8H2,1-4H3. The van der Waals surface area contributed by atoms with Crippen molar-refractivity contribution in [2.75, 3.05) is 6.54 Å². The number of halogens is 2. The van der Waals surface area contributed by atoms with Gasteiger partial charge in [0.05, 0.1) is 0 Å². The molecule has 90 valence electrons. The van der Waals surface area contributed by atoms with E-state index in [0.29, 0.717) is 17.1 Å². The van der Waals surface area contributed by atoms with Crippen molar-refractivity contribution in [3.8, 4) is 0 Å². The third-order valence-electron chi connectivity index (χ3n) is 2.37. The first-order valence-electron chi connectivity index (χ1n) is 5.45. The lowest BCUT2D eigenvalue weighted by molar-refractivity contribution is 0.291. The van der Waals surface area contributed by atoms with Gasteiger partial charge in [0.15, 0.2) is 0 Å². The molecule has 0 saturated carbocycles. The molecule has 0 aliphatic carbocycles. The van der Waals surface area contributed by atoms with Crippen molar-refractivity contribution in [1.82, 2.24) is 5.32 Å². The predicted octanol–water partition coefficient (Wildman–Crippen LogP) is 4.05. The highest BCUT2D eigenvalue weighted by molar-refractivity contribution is 6.31. The largest absolute Gasteiger partial charge is 0.309 e. The number of aryl methyl sites for hydroxylation is 1. The molecule has 0 radical (unpaired) electrons. The molecule has 0 bridgehead atoms. The van der Waals surface area contributed by atoms with E-state index in [1.807, 2.05) is 33.8 Å². The number of hydrogen-bond acceptors (Lipinski definition) is 1. The molecule has 0 heterocycles. The summed E-state index contributed by atoms with van der Waals surface area (Å²) in [7, 11) is 0. The molecule has 1 atom stereocenters. The Morgan fingerprint density at radius 1 is 1.38 bits per heavy atom. The molecule has 3 heteroatoms. The van der Waals surface area contributed by atoms with Crippen molar-refractivity contribution in [1.29, 1.82) is 0 Å². The summed E-state index contributed by atoms with van der Waals surface area (Å²) in [6, 6.07) is 5.34. The maximum atomic E-state index is 13.9. The minimum absolute atomic E-state index is 0.0706. The quantitative estimate of drug-likeness (QED) is 0.845. The summed E-state index contributed by atoms with van der Waals surface area (Å²) in [6.45, 7) is 8.27. The number of hydrogen-bond donors (Lipinski definition) is 1. The second kappa shape index (κ2) is 5.15. The van der Waals surface area contributed by atoms with Crippen molar-refractivity contribution in [3.05, 3.63) is 34.3 Å².